The molecule has 33 heavy (non-hydrogen) atoms. The summed E-state index contributed by atoms with van der Waals surface area (Å²) in [6, 6.07) is 20.7. The molecule has 2 N–H and O–H groups in total. The number of anilines is 3. The number of fused-ring (bicyclic) bond motifs is 4. The molecule has 0 saturated carbocycles. The van der Waals surface area contributed by atoms with Gasteiger partial charge >= 0.3 is 0 Å². The van der Waals surface area contributed by atoms with Crippen molar-refractivity contribution >= 4 is 23.0 Å². The lowest BCUT2D eigenvalue weighted by atomic mass is 9.83. The number of rotatable bonds is 5. The molecule has 1 amide bonds. The first-order valence-electron chi connectivity index (χ1n) is 11.4. The molecule has 6 nitrogen and oxygen atoms in total. The van der Waals surface area contributed by atoms with Gasteiger partial charge in [-0.05, 0) is 48.7 Å². The number of pyridine rings is 1. The largest absolute Gasteiger partial charge is 0.397 e. The van der Waals surface area contributed by atoms with E-state index >= 15 is 0 Å². The Bertz CT molecular complexity index is 1250. The van der Waals surface area contributed by atoms with Crippen molar-refractivity contribution in [2.45, 2.75) is 18.9 Å². The molecule has 0 radical (unpaired) electrons. The quantitative estimate of drug-likeness (QED) is 0.483. The summed E-state index contributed by atoms with van der Waals surface area (Å²) in [5.74, 6) is 0.592. The number of amides is 1. The molecule has 2 aliphatic heterocycles. The third-order valence-corrected chi connectivity index (χ3v) is 6.72. The second kappa shape index (κ2) is 8.62. The van der Waals surface area contributed by atoms with E-state index in [0.29, 0.717) is 29.6 Å². The van der Waals surface area contributed by atoms with Gasteiger partial charge in [0, 0.05) is 55.1 Å². The van der Waals surface area contributed by atoms with Crippen LogP contribution in [0, 0.1) is 5.92 Å². The van der Waals surface area contributed by atoms with E-state index in [9.17, 15) is 9.59 Å². The van der Waals surface area contributed by atoms with Crippen molar-refractivity contribution in [1.29, 1.82) is 0 Å². The van der Waals surface area contributed by atoms with Crippen LogP contribution in [0.25, 0.3) is 0 Å². The molecule has 1 aromatic heterocycles. The number of benzene rings is 2. The summed E-state index contributed by atoms with van der Waals surface area (Å²) < 4.78 is 1.93. The maximum Gasteiger partial charge on any atom is 0.258 e. The Morgan fingerprint density at radius 3 is 2.64 bits per heavy atom. The molecule has 3 heterocycles. The highest BCUT2D eigenvalue weighted by Crippen LogP contribution is 2.38. The van der Waals surface area contributed by atoms with Gasteiger partial charge in [-0.25, -0.2) is 0 Å². The van der Waals surface area contributed by atoms with Crippen LogP contribution in [0.5, 0.6) is 0 Å². The normalized spacial score (nSPS) is 19.0. The summed E-state index contributed by atoms with van der Waals surface area (Å²) in [6.45, 7) is 6.61. The molecule has 168 valence electrons. The van der Waals surface area contributed by atoms with Crippen molar-refractivity contribution in [1.82, 2.24) is 4.57 Å². The summed E-state index contributed by atoms with van der Waals surface area (Å²) >= 11 is 0. The fraction of sp³-hybridized carbons (Fsp3) is 0.259. The average Bonchev–Trinajstić information content (AvgIpc) is 2.83. The molecule has 2 aromatic carbocycles. The van der Waals surface area contributed by atoms with E-state index in [0.717, 1.165) is 43.1 Å². The van der Waals surface area contributed by atoms with Gasteiger partial charge in [0.2, 0.25) is 0 Å². The van der Waals surface area contributed by atoms with Crippen LogP contribution >= 0.6 is 0 Å². The number of carbonyl (C=O) groups is 1. The minimum atomic E-state index is -0.108. The van der Waals surface area contributed by atoms with Gasteiger partial charge in [-0.15, -0.1) is 6.58 Å². The van der Waals surface area contributed by atoms with Crippen molar-refractivity contribution in [3.8, 4) is 0 Å². The van der Waals surface area contributed by atoms with E-state index in [1.54, 1.807) is 23.1 Å². The van der Waals surface area contributed by atoms with Crippen LogP contribution in [0.15, 0.2) is 84.2 Å². The molecule has 2 aliphatic rings. The standard InChI is InChI=1S/C27H28N4O2/c1-2-13-30(22-7-4-3-5-8-22)27(33)20-11-12-25(23(28)15-20)29-16-19-14-21(18-29)24-9-6-10-26(32)31(24)17-19/h2-12,15,19,21H,1,13-14,16-18,28H2. The monoisotopic (exact) mass is 440 g/mol. The number of hydrogen-bond acceptors (Lipinski definition) is 4. The molecule has 1 saturated heterocycles. The topological polar surface area (TPSA) is 71.6 Å². The van der Waals surface area contributed by atoms with Gasteiger partial charge in [-0.1, -0.05) is 30.3 Å². The molecule has 6 heteroatoms. The first-order chi connectivity index (χ1) is 16.0. The van der Waals surface area contributed by atoms with Crippen molar-refractivity contribution in [3.05, 3.63) is 101 Å². The number of aromatic nitrogens is 1. The Labute approximate surface area is 193 Å². The SMILES string of the molecule is C=CCN(C(=O)c1ccc(N2CC3CC(C2)c2cccc(=O)n2C3)c(N)c1)c1ccccc1. The predicted molar refractivity (Wildman–Crippen MR) is 133 cm³/mol. The summed E-state index contributed by atoms with van der Waals surface area (Å²) in [4.78, 5) is 29.6. The van der Waals surface area contributed by atoms with Gasteiger partial charge in [0.25, 0.3) is 11.5 Å². The number of piperidine rings is 1. The zero-order chi connectivity index (χ0) is 22.9. The van der Waals surface area contributed by atoms with Crippen LogP contribution in [-0.2, 0) is 6.54 Å². The van der Waals surface area contributed by atoms with Crippen LogP contribution in [0.4, 0.5) is 17.1 Å². The highest BCUT2D eigenvalue weighted by Gasteiger charge is 2.35. The highest BCUT2D eigenvalue weighted by atomic mass is 16.2. The average molecular weight is 441 g/mol. The maximum atomic E-state index is 13.3. The van der Waals surface area contributed by atoms with E-state index in [2.05, 4.69) is 17.5 Å². The minimum absolute atomic E-state index is 0.0838. The summed E-state index contributed by atoms with van der Waals surface area (Å²) in [6.07, 6.45) is 2.81. The number of para-hydroxylation sites is 1. The predicted octanol–water partition coefficient (Wildman–Crippen LogP) is 3.89. The van der Waals surface area contributed by atoms with Crippen LogP contribution in [0.2, 0.25) is 0 Å². The van der Waals surface area contributed by atoms with E-state index in [1.165, 1.54) is 0 Å². The number of nitrogens with zero attached hydrogens (tertiary/aromatic N) is 3. The van der Waals surface area contributed by atoms with Gasteiger partial charge in [-0.3, -0.25) is 9.59 Å². The number of nitrogens with two attached hydrogens (primary N) is 1. The lowest BCUT2D eigenvalue weighted by Gasteiger charge is -2.44. The van der Waals surface area contributed by atoms with Crippen molar-refractivity contribution in [2.24, 2.45) is 5.92 Å². The zero-order valence-electron chi connectivity index (χ0n) is 18.6. The second-order valence-electron chi connectivity index (χ2n) is 8.92. The summed E-state index contributed by atoms with van der Waals surface area (Å²) in [5, 5.41) is 0. The number of hydrogen-bond donors (Lipinski definition) is 1. The number of carbonyl (C=O) groups excluding carboxylic acids is 1. The second-order valence-corrected chi connectivity index (χ2v) is 8.92. The Balaban J connectivity index is 1.40. The molecule has 2 atom stereocenters. The minimum Gasteiger partial charge on any atom is -0.397 e. The Morgan fingerprint density at radius 2 is 1.88 bits per heavy atom. The molecule has 0 aliphatic carbocycles. The lowest BCUT2D eigenvalue weighted by molar-refractivity contribution is 0.0989. The molecular weight excluding hydrogens is 412 g/mol. The van der Waals surface area contributed by atoms with Gasteiger partial charge in [0.05, 0.1) is 11.4 Å². The fourth-order valence-electron chi connectivity index (χ4n) is 5.27. The van der Waals surface area contributed by atoms with Crippen molar-refractivity contribution in [3.63, 3.8) is 0 Å². The molecule has 3 aromatic rings. The molecular formula is C27H28N4O2. The van der Waals surface area contributed by atoms with E-state index < -0.39 is 0 Å². The van der Waals surface area contributed by atoms with Gasteiger partial charge < -0.3 is 20.1 Å². The third-order valence-electron chi connectivity index (χ3n) is 6.72. The van der Waals surface area contributed by atoms with Crippen LogP contribution in [0.3, 0.4) is 0 Å². The Kier molecular flexibility index (Phi) is 5.50. The highest BCUT2D eigenvalue weighted by molar-refractivity contribution is 6.07. The summed E-state index contributed by atoms with van der Waals surface area (Å²) in [5.41, 5.74) is 10.6. The fourth-order valence-corrected chi connectivity index (χ4v) is 5.27. The van der Waals surface area contributed by atoms with E-state index in [4.69, 9.17) is 5.73 Å². The first kappa shape index (κ1) is 21.1. The number of nitrogen functional groups attached to an aromatic ring is 1. The van der Waals surface area contributed by atoms with E-state index in [1.807, 2.05) is 53.1 Å². The lowest BCUT2D eigenvalue weighted by Crippen LogP contribution is -2.47. The first-order valence-corrected chi connectivity index (χ1v) is 11.4. The molecule has 5 rings (SSSR count). The Hall–Kier alpha value is -3.80. The van der Waals surface area contributed by atoms with Gasteiger partial charge in [-0.2, -0.15) is 0 Å². The molecule has 2 unspecified atom stereocenters. The van der Waals surface area contributed by atoms with Gasteiger partial charge in [0.15, 0.2) is 0 Å². The Morgan fingerprint density at radius 1 is 1.06 bits per heavy atom. The van der Waals surface area contributed by atoms with Crippen LogP contribution < -0.4 is 21.1 Å². The molecule has 2 bridgehead atoms. The summed E-state index contributed by atoms with van der Waals surface area (Å²) in [7, 11) is 0. The maximum absolute atomic E-state index is 13.3. The van der Waals surface area contributed by atoms with Crippen molar-refractivity contribution in [2.75, 3.05) is 35.2 Å². The zero-order valence-corrected chi connectivity index (χ0v) is 18.6. The van der Waals surface area contributed by atoms with Crippen LogP contribution in [-0.4, -0.2) is 30.1 Å². The van der Waals surface area contributed by atoms with Gasteiger partial charge in [0.1, 0.15) is 0 Å². The van der Waals surface area contributed by atoms with Crippen LogP contribution in [0.1, 0.15) is 28.4 Å². The molecule has 1 fully saturated rings. The molecule has 0 spiro atoms. The smallest absolute Gasteiger partial charge is 0.258 e. The third kappa shape index (κ3) is 3.93. The van der Waals surface area contributed by atoms with E-state index in [-0.39, 0.29) is 11.5 Å². The van der Waals surface area contributed by atoms with Crippen molar-refractivity contribution < 1.29 is 4.79 Å².